The molecule has 34 heavy (non-hydrogen) atoms. The molecule has 7 heteroatoms. The minimum Gasteiger partial charge on any atom is -0.348 e. The number of benzene rings is 3. The normalized spacial score (nSPS) is 12.8. The van der Waals surface area contributed by atoms with Crippen LogP contribution < -0.4 is 9.62 Å². The summed E-state index contributed by atoms with van der Waals surface area (Å²) in [5.74, 6) is -0.398. The van der Waals surface area contributed by atoms with E-state index in [0.29, 0.717) is 10.7 Å². The number of aryl methyl sites for hydroxylation is 1. The van der Waals surface area contributed by atoms with Crippen LogP contribution in [-0.2, 0) is 20.2 Å². The van der Waals surface area contributed by atoms with Gasteiger partial charge in [0.25, 0.3) is 10.0 Å². The van der Waals surface area contributed by atoms with Gasteiger partial charge in [-0.15, -0.1) is 0 Å². The molecule has 1 unspecified atom stereocenters. The number of nitrogens with zero attached hydrogens (tertiary/aromatic N) is 1. The van der Waals surface area contributed by atoms with Crippen LogP contribution in [0, 0.1) is 6.92 Å². The number of halogens is 1. The van der Waals surface area contributed by atoms with E-state index in [4.69, 9.17) is 11.6 Å². The molecular formula is C27H31ClN2O3S. The Bertz CT molecular complexity index is 1230. The minimum absolute atomic E-state index is 0.0373. The van der Waals surface area contributed by atoms with E-state index < -0.39 is 15.9 Å². The third-order valence-electron chi connectivity index (χ3n) is 5.67. The zero-order valence-corrected chi connectivity index (χ0v) is 21.7. The fourth-order valence-electron chi connectivity index (χ4n) is 3.53. The third-order valence-corrected chi connectivity index (χ3v) is 7.71. The molecule has 0 radical (unpaired) electrons. The van der Waals surface area contributed by atoms with Gasteiger partial charge in [-0.2, -0.15) is 0 Å². The van der Waals surface area contributed by atoms with Crippen molar-refractivity contribution in [1.29, 1.82) is 0 Å². The van der Waals surface area contributed by atoms with Gasteiger partial charge in [0.2, 0.25) is 5.91 Å². The van der Waals surface area contributed by atoms with Crippen molar-refractivity contribution in [1.82, 2.24) is 5.32 Å². The first-order chi connectivity index (χ1) is 15.9. The Kier molecular flexibility index (Phi) is 7.74. The molecule has 0 aromatic heterocycles. The van der Waals surface area contributed by atoms with E-state index in [1.54, 1.807) is 12.1 Å². The van der Waals surface area contributed by atoms with Crippen molar-refractivity contribution >= 4 is 33.2 Å². The molecular weight excluding hydrogens is 468 g/mol. The Morgan fingerprint density at radius 1 is 0.941 bits per heavy atom. The Morgan fingerprint density at radius 3 is 2.03 bits per heavy atom. The number of hydrogen-bond acceptors (Lipinski definition) is 3. The van der Waals surface area contributed by atoms with Gasteiger partial charge in [-0.05, 0) is 66.8 Å². The van der Waals surface area contributed by atoms with Crippen molar-refractivity contribution in [2.75, 3.05) is 10.8 Å². The van der Waals surface area contributed by atoms with E-state index in [9.17, 15) is 13.2 Å². The van der Waals surface area contributed by atoms with E-state index in [1.165, 1.54) is 29.8 Å². The smallest absolute Gasteiger partial charge is 0.264 e. The predicted octanol–water partition coefficient (Wildman–Crippen LogP) is 6.02. The zero-order chi connectivity index (χ0) is 25.1. The number of carbonyl (C=O) groups excluding carboxylic acids is 1. The summed E-state index contributed by atoms with van der Waals surface area (Å²) in [6, 6.07) is 20.8. The van der Waals surface area contributed by atoms with E-state index in [2.05, 4.69) is 38.2 Å². The zero-order valence-electron chi connectivity index (χ0n) is 20.2. The number of amides is 1. The molecule has 5 nitrogen and oxygen atoms in total. The molecule has 3 aromatic carbocycles. The van der Waals surface area contributed by atoms with Gasteiger partial charge in [0.15, 0.2) is 0 Å². The number of carbonyl (C=O) groups is 1. The summed E-state index contributed by atoms with van der Waals surface area (Å²) in [7, 11) is -3.99. The van der Waals surface area contributed by atoms with Crippen molar-refractivity contribution in [3.05, 3.63) is 94.5 Å². The third kappa shape index (κ3) is 6.19. The molecule has 0 aliphatic heterocycles. The van der Waals surface area contributed by atoms with Gasteiger partial charge in [-0.25, -0.2) is 8.42 Å². The summed E-state index contributed by atoms with van der Waals surface area (Å²) in [5.41, 5.74) is 3.59. The van der Waals surface area contributed by atoms with Crippen LogP contribution in [0.15, 0.2) is 77.7 Å². The van der Waals surface area contributed by atoms with Crippen LogP contribution in [0.1, 0.15) is 50.4 Å². The second-order valence-corrected chi connectivity index (χ2v) is 11.8. The summed E-state index contributed by atoms with van der Waals surface area (Å²) >= 11 is 5.94. The number of anilines is 1. The quantitative estimate of drug-likeness (QED) is 0.433. The Balaban J connectivity index is 1.84. The lowest BCUT2D eigenvalue weighted by Crippen LogP contribution is -2.41. The lowest BCUT2D eigenvalue weighted by molar-refractivity contribution is -0.120. The molecule has 1 N–H and O–H groups in total. The molecule has 180 valence electrons. The molecule has 0 saturated heterocycles. The van der Waals surface area contributed by atoms with Crippen LogP contribution in [-0.4, -0.2) is 20.9 Å². The monoisotopic (exact) mass is 498 g/mol. The lowest BCUT2D eigenvalue weighted by Gasteiger charge is -2.25. The molecule has 3 rings (SSSR count). The molecule has 0 aliphatic carbocycles. The highest BCUT2D eigenvalue weighted by molar-refractivity contribution is 7.92. The van der Waals surface area contributed by atoms with Crippen molar-refractivity contribution in [3.8, 4) is 0 Å². The highest BCUT2D eigenvalue weighted by Crippen LogP contribution is 2.26. The highest BCUT2D eigenvalue weighted by atomic mass is 35.5. The predicted molar refractivity (Wildman–Crippen MR) is 139 cm³/mol. The summed E-state index contributed by atoms with van der Waals surface area (Å²) in [6.07, 6.45) is 0. The van der Waals surface area contributed by atoms with Gasteiger partial charge in [-0.3, -0.25) is 9.10 Å². The maximum absolute atomic E-state index is 13.5. The maximum atomic E-state index is 13.5. The van der Waals surface area contributed by atoms with E-state index in [-0.39, 0.29) is 22.9 Å². The molecule has 1 amide bonds. The SMILES string of the molecule is Cc1ccc(N(CC(=O)NC(C)c2ccc(C(C)(C)C)cc2)S(=O)(=O)c2ccc(Cl)cc2)cc1. The largest absolute Gasteiger partial charge is 0.348 e. The Morgan fingerprint density at radius 2 is 1.50 bits per heavy atom. The molecule has 1 atom stereocenters. The molecule has 0 saturated carbocycles. The molecule has 0 fully saturated rings. The fraction of sp³-hybridized carbons (Fsp3) is 0.296. The standard InChI is InChI=1S/C27H31ClN2O3S/c1-19-6-14-24(15-7-19)30(34(32,33)25-16-12-23(28)13-17-25)18-26(31)29-20(2)21-8-10-22(11-9-21)27(3,4)5/h6-17,20H,18H2,1-5H3,(H,29,31). The maximum Gasteiger partial charge on any atom is 0.264 e. The van der Waals surface area contributed by atoms with Gasteiger partial charge in [0, 0.05) is 5.02 Å². The Hall–Kier alpha value is -2.83. The molecule has 3 aromatic rings. The number of nitrogens with one attached hydrogen (secondary N) is 1. The van der Waals surface area contributed by atoms with Crippen molar-refractivity contribution in [2.24, 2.45) is 0 Å². The first kappa shape index (κ1) is 25.8. The second-order valence-electron chi connectivity index (χ2n) is 9.46. The second kappa shape index (κ2) is 10.2. The van der Waals surface area contributed by atoms with E-state index in [1.807, 2.05) is 38.1 Å². The van der Waals surface area contributed by atoms with Gasteiger partial charge < -0.3 is 5.32 Å². The Labute approximate surface area is 207 Å². The lowest BCUT2D eigenvalue weighted by atomic mass is 9.86. The number of rotatable bonds is 7. The van der Waals surface area contributed by atoms with Gasteiger partial charge in [0.1, 0.15) is 6.54 Å². The van der Waals surface area contributed by atoms with Crippen LogP contribution in [0.25, 0.3) is 0 Å². The average molecular weight is 499 g/mol. The highest BCUT2D eigenvalue weighted by Gasteiger charge is 2.28. The number of hydrogen-bond donors (Lipinski definition) is 1. The van der Waals surface area contributed by atoms with Gasteiger partial charge in [0.05, 0.1) is 16.6 Å². The molecule has 0 spiro atoms. The fourth-order valence-corrected chi connectivity index (χ4v) is 5.08. The van der Waals surface area contributed by atoms with Crippen molar-refractivity contribution in [2.45, 2.75) is 51.0 Å². The topological polar surface area (TPSA) is 66.5 Å². The molecule has 0 heterocycles. The number of sulfonamides is 1. The van der Waals surface area contributed by atoms with Crippen molar-refractivity contribution < 1.29 is 13.2 Å². The summed E-state index contributed by atoms with van der Waals surface area (Å²) < 4.78 is 28.0. The molecule has 0 bridgehead atoms. The van der Waals surface area contributed by atoms with Crippen LogP contribution in [0.4, 0.5) is 5.69 Å². The summed E-state index contributed by atoms with van der Waals surface area (Å²) in [4.78, 5) is 13.1. The van der Waals surface area contributed by atoms with Crippen LogP contribution in [0.5, 0.6) is 0 Å². The first-order valence-corrected chi connectivity index (χ1v) is 12.9. The minimum atomic E-state index is -3.99. The van der Waals surface area contributed by atoms with E-state index in [0.717, 1.165) is 15.4 Å². The first-order valence-electron chi connectivity index (χ1n) is 11.1. The summed E-state index contributed by atoms with van der Waals surface area (Å²) in [6.45, 7) is 9.89. The van der Waals surface area contributed by atoms with Gasteiger partial charge >= 0.3 is 0 Å². The van der Waals surface area contributed by atoms with Crippen molar-refractivity contribution in [3.63, 3.8) is 0 Å². The van der Waals surface area contributed by atoms with Gasteiger partial charge in [-0.1, -0.05) is 74.3 Å². The van der Waals surface area contributed by atoms with Crippen LogP contribution in [0.3, 0.4) is 0 Å². The summed E-state index contributed by atoms with van der Waals surface area (Å²) in [5, 5.41) is 3.37. The van der Waals surface area contributed by atoms with Crippen LogP contribution >= 0.6 is 11.6 Å². The average Bonchev–Trinajstić information content (AvgIpc) is 2.78. The van der Waals surface area contributed by atoms with E-state index >= 15 is 0 Å². The van der Waals surface area contributed by atoms with Crippen LogP contribution in [0.2, 0.25) is 5.02 Å². The molecule has 0 aliphatic rings.